The Labute approximate surface area is 108 Å². The zero-order chi connectivity index (χ0) is 12.5. The number of carbonyl (C=O) groups excluding carboxylic acids is 1. The Bertz CT molecular complexity index is 221. The molecule has 1 rings (SSSR count). The average Bonchev–Trinajstić information content (AvgIpc) is 2.37. The van der Waals surface area contributed by atoms with Gasteiger partial charge in [-0.1, -0.05) is 0 Å². The molecule has 100 valence electrons. The van der Waals surface area contributed by atoms with Gasteiger partial charge in [-0.05, 0) is 26.3 Å². The number of likely N-dealkylation sites (N-methyl/N-ethyl adjacent to an activating group) is 2. The Hall–Kier alpha value is -0.260. The molecule has 1 aliphatic heterocycles. The minimum absolute atomic E-state index is 0.209. The number of thioether (sulfide) groups is 1. The molecule has 1 amide bonds. The van der Waals surface area contributed by atoms with Gasteiger partial charge < -0.3 is 15.0 Å². The van der Waals surface area contributed by atoms with Gasteiger partial charge in [0.1, 0.15) is 0 Å². The van der Waals surface area contributed by atoms with E-state index in [1.54, 1.807) is 16.7 Å². The van der Waals surface area contributed by atoms with Crippen LogP contribution in [0.15, 0.2) is 0 Å². The molecular formula is C12H24N2O2S. The fourth-order valence-electron chi connectivity index (χ4n) is 1.73. The second-order valence-electron chi connectivity index (χ2n) is 4.42. The summed E-state index contributed by atoms with van der Waals surface area (Å²) in [5.74, 6) is 1.73. The monoisotopic (exact) mass is 260 g/mol. The first-order valence-corrected chi connectivity index (χ1v) is 7.47. The molecule has 1 heterocycles. The summed E-state index contributed by atoms with van der Waals surface area (Å²) in [6.07, 6.45) is 3.97. The van der Waals surface area contributed by atoms with Crippen LogP contribution in [0, 0.1) is 0 Å². The summed E-state index contributed by atoms with van der Waals surface area (Å²) in [6.45, 7) is 2.51. The minimum Gasteiger partial charge on any atom is -0.377 e. The van der Waals surface area contributed by atoms with E-state index in [2.05, 4.69) is 5.32 Å². The zero-order valence-electron chi connectivity index (χ0n) is 10.9. The molecule has 1 atom stereocenters. The van der Waals surface area contributed by atoms with Crippen molar-refractivity contribution in [2.45, 2.75) is 25.4 Å². The fraction of sp³-hybridized carbons (Fsp3) is 0.917. The van der Waals surface area contributed by atoms with Crippen LogP contribution < -0.4 is 5.32 Å². The molecule has 5 heteroatoms. The van der Waals surface area contributed by atoms with E-state index in [-0.39, 0.29) is 5.91 Å². The van der Waals surface area contributed by atoms with Gasteiger partial charge in [-0.15, -0.1) is 11.8 Å². The van der Waals surface area contributed by atoms with E-state index in [9.17, 15) is 4.79 Å². The van der Waals surface area contributed by atoms with Crippen molar-refractivity contribution in [1.29, 1.82) is 0 Å². The van der Waals surface area contributed by atoms with Crippen LogP contribution in [0.25, 0.3) is 0 Å². The van der Waals surface area contributed by atoms with Gasteiger partial charge in [0, 0.05) is 32.5 Å². The van der Waals surface area contributed by atoms with E-state index in [1.807, 2.05) is 14.1 Å². The van der Waals surface area contributed by atoms with Crippen molar-refractivity contribution in [2.24, 2.45) is 0 Å². The molecule has 0 spiro atoms. The lowest BCUT2D eigenvalue weighted by Gasteiger charge is -2.22. The van der Waals surface area contributed by atoms with Crippen LogP contribution in [0.1, 0.15) is 19.3 Å². The van der Waals surface area contributed by atoms with Gasteiger partial charge in [-0.3, -0.25) is 4.79 Å². The SMILES string of the molecule is CNCCN(C)C(=O)CSCC1CCCCO1. The molecule has 0 saturated carbocycles. The molecule has 0 aromatic rings. The molecule has 1 unspecified atom stereocenters. The summed E-state index contributed by atoms with van der Waals surface area (Å²) >= 11 is 1.69. The number of hydrogen-bond acceptors (Lipinski definition) is 4. The van der Waals surface area contributed by atoms with Crippen molar-refractivity contribution in [3.8, 4) is 0 Å². The van der Waals surface area contributed by atoms with Crippen LogP contribution in [0.5, 0.6) is 0 Å². The fourth-order valence-corrected chi connectivity index (χ4v) is 2.77. The zero-order valence-corrected chi connectivity index (χ0v) is 11.7. The maximum atomic E-state index is 11.7. The highest BCUT2D eigenvalue weighted by Gasteiger charge is 2.15. The summed E-state index contributed by atoms with van der Waals surface area (Å²) in [5.41, 5.74) is 0. The summed E-state index contributed by atoms with van der Waals surface area (Å²) in [6, 6.07) is 0. The maximum Gasteiger partial charge on any atom is 0.232 e. The number of nitrogens with one attached hydrogen (secondary N) is 1. The Balaban J connectivity index is 2.06. The Morgan fingerprint density at radius 3 is 3.00 bits per heavy atom. The molecule has 0 aliphatic carbocycles. The highest BCUT2D eigenvalue weighted by molar-refractivity contribution is 7.99. The van der Waals surface area contributed by atoms with E-state index in [4.69, 9.17) is 4.74 Å². The average molecular weight is 260 g/mol. The molecule has 1 saturated heterocycles. The van der Waals surface area contributed by atoms with Gasteiger partial charge in [0.05, 0.1) is 11.9 Å². The standard InChI is InChI=1S/C12H24N2O2S/c1-13-6-7-14(2)12(15)10-17-9-11-5-3-4-8-16-11/h11,13H,3-10H2,1-2H3. The van der Waals surface area contributed by atoms with Gasteiger partial charge in [0.2, 0.25) is 5.91 Å². The minimum atomic E-state index is 0.209. The lowest BCUT2D eigenvalue weighted by atomic mass is 10.1. The first-order chi connectivity index (χ1) is 8.24. The first-order valence-electron chi connectivity index (χ1n) is 6.32. The third kappa shape index (κ3) is 6.29. The Morgan fingerprint density at radius 2 is 2.35 bits per heavy atom. The van der Waals surface area contributed by atoms with Crippen molar-refractivity contribution < 1.29 is 9.53 Å². The van der Waals surface area contributed by atoms with Crippen molar-refractivity contribution >= 4 is 17.7 Å². The third-order valence-electron chi connectivity index (χ3n) is 2.93. The van der Waals surface area contributed by atoms with Gasteiger partial charge in [-0.2, -0.15) is 0 Å². The van der Waals surface area contributed by atoms with Crippen LogP contribution in [-0.4, -0.2) is 62.2 Å². The summed E-state index contributed by atoms with van der Waals surface area (Å²) < 4.78 is 5.63. The predicted octanol–water partition coefficient (Wildman–Crippen LogP) is 0.966. The number of nitrogens with zero attached hydrogens (tertiary/aromatic N) is 1. The lowest BCUT2D eigenvalue weighted by molar-refractivity contribution is -0.127. The molecule has 0 bridgehead atoms. The second kappa shape index (κ2) is 8.78. The van der Waals surface area contributed by atoms with E-state index in [1.165, 1.54) is 12.8 Å². The van der Waals surface area contributed by atoms with Gasteiger partial charge >= 0.3 is 0 Å². The van der Waals surface area contributed by atoms with Crippen LogP contribution >= 0.6 is 11.8 Å². The molecule has 17 heavy (non-hydrogen) atoms. The maximum absolute atomic E-state index is 11.7. The summed E-state index contributed by atoms with van der Waals surface area (Å²) in [7, 11) is 3.75. The van der Waals surface area contributed by atoms with Crippen molar-refractivity contribution in [3.63, 3.8) is 0 Å². The Morgan fingerprint density at radius 1 is 1.53 bits per heavy atom. The smallest absolute Gasteiger partial charge is 0.232 e. The van der Waals surface area contributed by atoms with Crippen LogP contribution in [0.3, 0.4) is 0 Å². The third-order valence-corrected chi connectivity index (χ3v) is 3.98. The van der Waals surface area contributed by atoms with Gasteiger partial charge in [0.15, 0.2) is 0 Å². The molecule has 4 nitrogen and oxygen atoms in total. The number of carbonyl (C=O) groups is 1. The second-order valence-corrected chi connectivity index (χ2v) is 5.45. The van der Waals surface area contributed by atoms with Crippen molar-refractivity contribution in [3.05, 3.63) is 0 Å². The number of amides is 1. The summed E-state index contributed by atoms with van der Waals surface area (Å²) in [4.78, 5) is 13.5. The summed E-state index contributed by atoms with van der Waals surface area (Å²) in [5, 5.41) is 3.04. The van der Waals surface area contributed by atoms with Crippen molar-refractivity contribution in [2.75, 3.05) is 45.3 Å². The lowest BCUT2D eigenvalue weighted by Crippen LogP contribution is -2.34. The van der Waals surface area contributed by atoms with Crippen LogP contribution in [0.4, 0.5) is 0 Å². The molecule has 0 radical (unpaired) electrons. The molecule has 0 aromatic heterocycles. The molecule has 1 fully saturated rings. The Kier molecular flexibility index (Phi) is 7.64. The van der Waals surface area contributed by atoms with Crippen LogP contribution in [-0.2, 0) is 9.53 Å². The van der Waals surface area contributed by atoms with Gasteiger partial charge in [0.25, 0.3) is 0 Å². The highest BCUT2D eigenvalue weighted by Crippen LogP contribution is 2.17. The molecule has 1 aliphatic rings. The molecule has 0 aromatic carbocycles. The largest absolute Gasteiger partial charge is 0.377 e. The van der Waals surface area contributed by atoms with E-state index in [0.717, 1.165) is 31.9 Å². The number of rotatable bonds is 7. The van der Waals surface area contributed by atoms with E-state index >= 15 is 0 Å². The normalized spacial score (nSPS) is 20.2. The predicted molar refractivity (Wildman–Crippen MR) is 72.5 cm³/mol. The number of hydrogen-bond donors (Lipinski definition) is 1. The van der Waals surface area contributed by atoms with Crippen LogP contribution in [0.2, 0.25) is 0 Å². The first kappa shape index (κ1) is 14.8. The quantitative estimate of drug-likeness (QED) is 0.740. The van der Waals surface area contributed by atoms with Gasteiger partial charge in [-0.25, -0.2) is 0 Å². The molecular weight excluding hydrogens is 236 g/mol. The molecule has 1 N–H and O–H groups in total. The number of ether oxygens (including phenoxy) is 1. The highest BCUT2D eigenvalue weighted by atomic mass is 32.2. The van der Waals surface area contributed by atoms with E-state index in [0.29, 0.717) is 11.9 Å². The van der Waals surface area contributed by atoms with E-state index < -0.39 is 0 Å². The topological polar surface area (TPSA) is 41.6 Å². The van der Waals surface area contributed by atoms with Crippen molar-refractivity contribution in [1.82, 2.24) is 10.2 Å².